The molecule has 0 aliphatic heterocycles. The number of hydrogen-bond donors (Lipinski definition) is 2. The van der Waals surface area contributed by atoms with E-state index in [-0.39, 0.29) is 5.91 Å². The zero-order valence-electron chi connectivity index (χ0n) is 16.0. The summed E-state index contributed by atoms with van der Waals surface area (Å²) in [4.78, 5) is 20.9. The first-order valence-electron chi connectivity index (χ1n) is 8.74. The number of amides is 1. The molecule has 144 valence electrons. The maximum Gasteiger partial charge on any atom is 0.258 e. The van der Waals surface area contributed by atoms with Crippen LogP contribution in [0.2, 0.25) is 0 Å². The van der Waals surface area contributed by atoms with Crippen LogP contribution in [0.25, 0.3) is 0 Å². The van der Waals surface area contributed by atoms with Crippen molar-refractivity contribution in [2.75, 3.05) is 24.9 Å². The maximum absolute atomic E-state index is 12.5. The minimum absolute atomic E-state index is 0.336. The summed E-state index contributed by atoms with van der Waals surface area (Å²) in [6.45, 7) is 2.65. The lowest BCUT2D eigenvalue weighted by atomic mass is 10.1. The summed E-state index contributed by atoms with van der Waals surface area (Å²) in [6, 6.07) is 13.4. The number of methoxy groups -OCH3 is 2. The highest BCUT2D eigenvalue weighted by atomic mass is 16.5. The topological polar surface area (TPSA) is 85.4 Å². The van der Waals surface area contributed by atoms with Gasteiger partial charge in [0.2, 0.25) is 5.95 Å². The lowest BCUT2D eigenvalue weighted by Gasteiger charge is -2.12. The summed E-state index contributed by atoms with van der Waals surface area (Å²) < 4.78 is 10.5. The van der Waals surface area contributed by atoms with Gasteiger partial charge in [0, 0.05) is 25.0 Å². The number of hydrogen-bond acceptors (Lipinski definition) is 6. The van der Waals surface area contributed by atoms with Gasteiger partial charge < -0.3 is 20.1 Å². The van der Waals surface area contributed by atoms with E-state index in [0.29, 0.717) is 35.2 Å². The molecule has 0 aliphatic carbocycles. The normalized spacial score (nSPS) is 10.2. The molecule has 0 spiro atoms. The van der Waals surface area contributed by atoms with Gasteiger partial charge in [0.25, 0.3) is 5.91 Å². The highest BCUT2D eigenvalue weighted by Crippen LogP contribution is 2.29. The minimum atomic E-state index is -0.336. The Labute approximate surface area is 163 Å². The Hall–Kier alpha value is -3.61. The molecule has 28 heavy (non-hydrogen) atoms. The Morgan fingerprint density at radius 1 is 1.00 bits per heavy atom. The molecule has 0 unspecified atom stereocenters. The average Bonchev–Trinajstić information content (AvgIpc) is 2.73. The number of carbonyl (C=O) groups excluding carboxylic acids is 1. The number of ether oxygens (including phenoxy) is 2. The van der Waals surface area contributed by atoms with Gasteiger partial charge in [-0.1, -0.05) is 29.8 Å². The largest absolute Gasteiger partial charge is 0.497 e. The van der Waals surface area contributed by atoms with Crippen LogP contribution >= 0.6 is 0 Å². The van der Waals surface area contributed by atoms with Gasteiger partial charge >= 0.3 is 0 Å². The monoisotopic (exact) mass is 378 g/mol. The number of nitrogens with one attached hydrogen (secondary N) is 2. The van der Waals surface area contributed by atoms with Crippen LogP contribution in [0.4, 0.5) is 11.6 Å². The van der Waals surface area contributed by atoms with Crippen LogP contribution in [0.1, 0.15) is 21.5 Å². The second-order valence-corrected chi connectivity index (χ2v) is 6.15. The zero-order chi connectivity index (χ0) is 19.9. The summed E-state index contributed by atoms with van der Waals surface area (Å²) in [5, 5.41) is 5.93. The van der Waals surface area contributed by atoms with E-state index in [1.165, 1.54) is 25.1 Å². The van der Waals surface area contributed by atoms with E-state index < -0.39 is 0 Å². The number of benzene rings is 2. The molecule has 1 amide bonds. The molecule has 3 aromatic rings. The Morgan fingerprint density at radius 3 is 2.36 bits per heavy atom. The second kappa shape index (κ2) is 8.85. The third kappa shape index (κ3) is 4.76. The van der Waals surface area contributed by atoms with Crippen LogP contribution in [0.15, 0.2) is 54.9 Å². The second-order valence-electron chi connectivity index (χ2n) is 6.15. The van der Waals surface area contributed by atoms with Gasteiger partial charge in [0.05, 0.1) is 25.5 Å². The standard InChI is InChI=1S/C21H22N4O3/c1-14-4-6-15(7-5-14)11-22-21-23-12-16(13-24-21)20(26)25-18-10-17(27-2)8-9-19(18)28-3/h4-10,12-13H,11H2,1-3H3,(H,25,26)(H,22,23,24). The molecule has 7 nitrogen and oxygen atoms in total. The van der Waals surface area contributed by atoms with Crippen LogP contribution in [0.5, 0.6) is 11.5 Å². The summed E-state index contributed by atoms with van der Waals surface area (Å²) in [5.41, 5.74) is 3.18. The lowest BCUT2D eigenvalue weighted by molar-refractivity contribution is 0.102. The average molecular weight is 378 g/mol. The Kier molecular flexibility index (Phi) is 6.06. The molecule has 0 aliphatic rings. The number of nitrogens with zero attached hydrogens (tertiary/aromatic N) is 2. The Balaban J connectivity index is 1.64. The highest BCUT2D eigenvalue weighted by Gasteiger charge is 2.12. The fourth-order valence-electron chi connectivity index (χ4n) is 2.53. The Bertz CT molecular complexity index is 941. The van der Waals surface area contributed by atoms with Gasteiger partial charge in [0.1, 0.15) is 11.5 Å². The Morgan fingerprint density at radius 2 is 1.71 bits per heavy atom. The van der Waals surface area contributed by atoms with E-state index in [4.69, 9.17) is 9.47 Å². The van der Waals surface area contributed by atoms with E-state index in [1.54, 1.807) is 25.3 Å². The number of aryl methyl sites for hydroxylation is 1. The molecular weight excluding hydrogens is 356 g/mol. The van der Waals surface area contributed by atoms with E-state index >= 15 is 0 Å². The first-order valence-corrected chi connectivity index (χ1v) is 8.74. The van der Waals surface area contributed by atoms with Crippen molar-refractivity contribution in [2.45, 2.75) is 13.5 Å². The molecule has 2 aromatic carbocycles. The predicted octanol–water partition coefficient (Wildman–Crippen LogP) is 3.67. The fraction of sp³-hybridized carbons (Fsp3) is 0.190. The summed E-state index contributed by atoms with van der Waals surface area (Å²) in [7, 11) is 3.10. The number of anilines is 2. The van der Waals surface area contributed by atoms with Gasteiger partial charge in [-0.15, -0.1) is 0 Å². The van der Waals surface area contributed by atoms with Crippen molar-refractivity contribution in [3.63, 3.8) is 0 Å². The molecule has 0 bridgehead atoms. The zero-order valence-corrected chi connectivity index (χ0v) is 16.0. The van der Waals surface area contributed by atoms with Crippen LogP contribution in [-0.2, 0) is 6.54 Å². The first kappa shape index (κ1) is 19.2. The van der Waals surface area contributed by atoms with Crippen molar-refractivity contribution in [3.8, 4) is 11.5 Å². The van der Waals surface area contributed by atoms with Crippen molar-refractivity contribution in [1.29, 1.82) is 0 Å². The summed E-state index contributed by atoms with van der Waals surface area (Å²) in [5.74, 6) is 1.27. The fourth-order valence-corrected chi connectivity index (χ4v) is 2.53. The van der Waals surface area contributed by atoms with Crippen molar-refractivity contribution in [2.24, 2.45) is 0 Å². The number of carbonyl (C=O) groups is 1. The van der Waals surface area contributed by atoms with Gasteiger partial charge in [-0.25, -0.2) is 9.97 Å². The van der Waals surface area contributed by atoms with Gasteiger partial charge in [0.15, 0.2) is 0 Å². The molecule has 0 saturated carbocycles. The van der Waals surface area contributed by atoms with Crippen LogP contribution in [-0.4, -0.2) is 30.1 Å². The van der Waals surface area contributed by atoms with E-state index in [9.17, 15) is 4.79 Å². The molecule has 1 aromatic heterocycles. The van der Waals surface area contributed by atoms with E-state index in [0.717, 1.165) is 5.56 Å². The van der Waals surface area contributed by atoms with E-state index in [1.807, 2.05) is 19.1 Å². The SMILES string of the molecule is COc1ccc(OC)c(NC(=O)c2cnc(NCc3ccc(C)cc3)nc2)c1. The molecule has 0 saturated heterocycles. The van der Waals surface area contributed by atoms with Crippen LogP contribution in [0, 0.1) is 6.92 Å². The number of rotatable bonds is 7. The quantitative estimate of drug-likeness (QED) is 0.653. The minimum Gasteiger partial charge on any atom is -0.497 e. The smallest absolute Gasteiger partial charge is 0.258 e. The van der Waals surface area contributed by atoms with Crippen molar-refractivity contribution in [1.82, 2.24) is 9.97 Å². The van der Waals surface area contributed by atoms with E-state index in [2.05, 4.69) is 32.7 Å². The van der Waals surface area contributed by atoms with Crippen molar-refractivity contribution >= 4 is 17.5 Å². The molecule has 0 fully saturated rings. The third-order valence-corrected chi connectivity index (χ3v) is 4.14. The number of aromatic nitrogens is 2. The molecule has 0 atom stereocenters. The summed E-state index contributed by atoms with van der Waals surface area (Å²) in [6.07, 6.45) is 2.96. The molecule has 2 N–H and O–H groups in total. The maximum atomic E-state index is 12.5. The van der Waals surface area contributed by atoms with Gasteiger partial charge in [-0.3, -0.25) is 4.79 Å². The van der Waals surface area contributed by atoms with Crippen LogP contribution < -0.4 is 20.1 Å². The third-order valence-electron chi connectivity index (χ3n) is 4.14. The molecule has 0 radical (unpaired) electrons. The summed E-state index contributed by atoms with van der Waals surface area (Å²) >= 11 is 0. The highest BCUT2D eigenvalue weighted by molar-refractivity contribution is 6.04. The van der Waals surface area contributed by atoms with Crippen molar-refractivity contribution in [3.05, 3.63) is 71.5 Å². The lowest BCUT2D eigenvalue weighted by Crippen LogP contribution is -2.14. The molecular formula is C21H22N4O3. The van der Waals surface area contributed by atoms with Crippen molar-refractivity contribution < 1.29 is 14.3 Å². The molecule has 3 rings (SSSR count). The first-order chi connectivity index (χ1) is 13.6. The van der Waals surface area contributed by atoms with Crippen LogP contribution in [0.3, 0.4) is 0 Å². The van der Waals surface area contributed by atoms with Gasteiger partial charge in [-0.05, 0) is 24.6 Å². The predicted molar refractivity (Wildman–Crippen MR) is 108 cm³/mol. The van der Waals surface area contributed by atoms with Gasteiger partial charge in [-0.2, -0.15) is 0 Å². The molecule has 1 heterocycles. The molecule has 7 heteroatoms.